The second-order valence-corrected chi connectivity index (χ2v) is 6.30. The van der Waals surface area contributed by atoms with Gasteiger partial charge in [-0.3, -0.25) is 9.59 Å². The summed E-state index contributed by atoms with van der Waals surface area (Å²) < 4.78 is 5.04. The molecule has 1 aromatic carbocycles. The Balaban J connectivity index is 2.09. The zero-order valence-corrected chi connectivity index (χ0v) is 14.0. The van der Waals surface area contributed by atoms with E-state index in [-0.39, 0.29) is 0 Å². The van der Waals surface area contributed by atoms with Gasteiger partial charge in [0.1, 0.15) is 17.3 Å². The summed E-state index contributed by atoms with van der Waals surface area (Å²) in [5.41, 5.74) is -0.803. The van der Waals surface area contributed by atoms with Crippen molar-refractivity contribution in [3.63, 3.8) is 0 Å². The molecule has 1 unspecified atom stereocenters. The van der Waals surface area contributed by atoms with Gasteiger partial charge in [-0.25, -0.2) is 4.79 Å². The number of hydrogen-bond acceptors (Lipinski definition) is 4. The van der Waals surface area contributed by atoms with Crippen LogP contribution < -0.4 is 10.1 Å². The van der Waals surface area contributed by atoms with Crippen LogP contribution in [-0.4, -0.2) is 53.0 Å². The van der Waals surface area contributed by atoms with Crippen LogP contribution in [0.2, 0.25) is 0 Å². The van der Waals surface area contributed by atoms with Crippen molar-refractivity contribution in [2.24, 2.45) is 0 Å². The van der Waals surface area contributed by atoms with Crippen molar-refractivity contribution >= 4 is 17.8 Å². The summed E-state index contributed by atoms with van der Waals surface area (Å²) in [5.74, 6) is -1.18. The molecule has 2 N–H and O–H groups in total. The Morgan fingerprint density at radius 1 is 1.25 bits per heavy atom. The maximum absolute atomic E-state index is 12.7. The number of methoxy groups -OCH3 is 1. The minimum atomic E-state index is -1.20. The maximum atomic E-state index is 12.7. The quantitative estimate of drug-likeness (QED) is 0.845. The zero-order chi connectivity index (χ0) is 17.9. The minimum Gasteiger partial charge on any atom is -0.497 e. The Kier molecular flexibility index (Phi) is 5.11. The van der Waals surface area contributed by atoms with E-state index in [0.717, 1.165) is 0 Å². The number of carboxylic acid groups (broad SMARTS) is 1. The molecule has 2 rings (SSSR count). The molecule has 0 aromatic heterocycles. The number of rotatable bonds is 5. The molecule has 1 atom stereocenters. The highest BCUT2D eigenvalue weighted by atomic mass is 16.5. The summed E-state index contributed by atoms with van der Waals surface area (Å²) in [6, 6.07) is 5.69. The van der Waals surface area contributed by atoms with E-state index in [1.165, 1.54) is 12.0 Å². The second-order valence-electron chi connectivity index (χ2n) is 6.30. The molecule has 1 aromatic rings. The van der Waals surface area contributed by atoms with Gasteiger partial charge in [-0.1, -0.05) is 0 Å². The number of hydrogen-bond donors (Lipinski definition) is 2. The molecule has 1 aliphatic heterocycles. The molecule has 2 amide bonds. The second kappa shape index (κ2) is 6.90. The normalized spacial score (nSPS) is 17.5. The molecule has 130 valence electrons. The molecule has 0 aliphatic carbocycles. The molecular formula is C17H22N2O5. The summed E-state index contributed by atoms with van der Waals surface area (Å²) in [7, 11) is 1.53. The fourth-order valence-corrected chi connectivity index (χ4v) is 2.78. The third kappa shape index (κ3) is 3.67. The Hall–Kier alpha value is -2.57. The van der Waals surface area contributed by atoms with Gasteiger partial charge in [0.05, 0.1) is 7.11 Å². The number of nitrogens with one attached hydrogen (secondary N) is 1. The molecule has 1 fully saturated rings. The van der Waals surface area contributed by atoms with Crippen molar-refractivity contribution in [3.8, 4) is 5.75 Å². The predicted molar refractivity (Wildman–Crippen MR) is 86.9 cm³/mol. The van der Waals surface area contributed by atoms with Gasteiger partial charge in [-0.15, -0.1) is 0 Å². The van der Waals surface area contributed by atoms with Gasteiger partial charge in [-0.2, -0.15) is 0 Å². The zero-order valence-electron chi connectivity index (χ0n) is 14.0. The van der Waals surface area contributed by atoms with E-state index >= 15 is 0 Å². The van der Waals surface area contributed by atoms with E-state index < -0.39 is 29.4 Å². The topological polar surface area (TPSA) is 95.9 Å². The first-order valence-corrected chi connectivity index (χ1v) is 7.76. The SMILES string of the molecule is COc1ccc(C(=O)NC(C)(C)C(=O)N2CCCC2C(=O)O)cc1. The molecule has 1 aliphatic rings. The van der Waals surface area contributed by atoms with Gasteiger partial charge in [-0.05, 0) is 51.0 Å². The number of likely N-dealkylation sites (tertiary alicyclic amines) is 1. The van der Waals surface area contributed by atoms with E-state index in [2.05, 4.69) is 5.32 Å². The largest absolute Gasteiger partial charge is 0.497 e. The lowest BCUT2D eigenvalue weighted by molar-refractivity contribution is -0.150. The molecule has 0 saturated carbocycles. The van der Waals surface area contributed by atoms with Gasteiger partial charge in [0.25, 0.3) is 5.91 Å². The Bertz CT molecular complexity index is 639. The van der Waals surface area contributed by atoms with Crippen LogP contribution in [0.3, 0.4) is 0 Å². The average Bonchev–Trinajstić information content (AvgIpc) is 3.03. The van der Waals surface area contributed by atoms with Crippen molar-refractivity contribution in [2.75, 3.05) is 13.7 Å². The van der Waals surface area contributed by atoms with Gasteiger partial charge in [0.2, 0.25) is 5.91 Å². The van der Waals surface area contributed by atoms with E-state index in [1.54, 1.807) is 38.1 Å². The fourth-order valence-electron chi connectivity index (χ4n) is 2.78. The monoisotopic (exact) mass is 334 g/mol. The number of carbonyl (C=O) groups is 3. The van der Waals surface area contributed by atoms with Crippen LogP contribution in [0.4, 0.5) is 0 Å². The standard InChI is InChI=1S/C17H22N2O5/c1-17(2,16(23)19-10-4-5-13(19)15(21)22)18-14(20)11-6-8-12(24-3)9-7-11/h6-9,13H,4-5,10H2,1-3H3,(H,18,20)(H,21,22). The molecule has 24 heavy (non-hydrogen) atoms. The summed E-state index contributed by atoms with van der Waals surface area (Å²) >= 11 is 0. The number of aliphatic carboxylic acids is 1. The molecule has 1 saturated heterocycles. The van der Waals surface area contributed by atoms with Crippen LogP contribution in [0, 0.1) is 0 Å². The van der Waals surface area contributed by atoms with Crippen LogP contribution in [0.15, 0.2) is 24.3 Å². The lowest BCUT2D eigenvalue weighted by atomic mass is 10.0. The number of carbonyl (C=O) groups excluding carboxylic acids is 2. The Morgan fingerprint density at radius 3 is 2.42 bits per heavy atom. The molecule has 7 heteroatoms. The Morgan fingerprint density at radius 2 is 1.88 bits per heavy atom. The van der Waals surface area contributed by atoms with Gasteiger partial charge < -0.3 is 20.1 Å². The first kappa shape index (κ1) is 17.8. The highest BCUT2D eigenvalue weighted by molar-refractivity contribution is 5.99. The third-order valence-corrected chi connectivity index (χ3v) is 4.11. The smallest absolute Gasteiger partial charge is 0.326 e. The van der Waals surface area contributed by atoms with E-state index in [9.17, 15) is 19.5 Å². The number of benzene rings is 1. The molecule has 0 spiro atoms. The number of ether oxygens (including phenoxy) is 1. The number of nitrogens with zero attached hydrogens (tertiary/aromatic N) is 1. The summed E-state index contributed by atoms with van der Waals surface area (Å²) in [6.07, 6.45) is 1.08. The van der Waals surface area contributed by atoms with Crippen molar-refractivity contribution in [3.05, 3.63) is 29.8 Å². The fraction of sp³-hybridized carbons (Fsp3) is 0.471. The van der Waals surface area contributed by atoms with E-state index in [4.69, 9.17) is 4.74 Å². The molecular weight excluding hydrogens is 312 g/mol. The van der Waals surface area contributed by atoms with Gasteiger partial charge in [0.15, 0.2) is 0 Å². The maximum Gasteiger partial charge on any atom is 0.326 e. The van der Waals surface area contributed by atoms with Crippen LogP contribution in [0.5, 0.6) is 5.75 Å². The lowest BCUT2D eigenvalue weighted by Gasteiger charge is -2.32. The summed E-state index contributed by atoms with van der Waals surface area (Å²) in [5, 5.41) is 11.9. The number of amides is 2. The molecule has 7 nitrogen and oxygen atoms in total. The summed E-state index contributed by atoms with van der Waals surface area (Å²) in [4.78, 5) is 37.6. The Labute approximate surface area is 140 Å². The van der Waals surface area contributed by atoms with Crippen molar-refractivity contribution in [1.82, 2.24) is 10.2 Å². The first-order chi connectivity index (χ1) is 11.3. The van der Waals surface area contributed by atoms with Crippen molar-refractivity contribution in [2.45, 2.75) is 38.3 Å². The summed E-state index contributed by atoms with van der Waals surface area (Å²) in [6.45, 7) is 3.54. The van der Waals surface area contributed by atoms with Crippen LogP contribution >= 0.6 is 0 Å². The molecule has 0 radical (unpaired) electrons. The molecule has 0 bridgehead atoms. The highest BCUT2D eigenvalue weighted by Gasteiger charge is 2.41. The average molecular weight is 334 g/mol. The van der Waals surface area contributed by atoms with Crippen LogP contribution in [0.1, 0.15) is 37.0 Å². The van der Waals surface area contributed by atoms with Crippen LogP contribution in [0.25, 0.3) is 0 Å². The van der Waals surface area contributed by atoms with E-state index in [0.29, 0.717) is 30.7 Å². The van der Waals surface area contributed by atoms with Gasteiger partial charge >= 0.3 is 5.97 Å². The highest BCUT2D eigenvalue weighted by Crippen LogP contribution is 2.22. The van der Waals surface area contributed by atoms with Crippen LogP contribution in [-0.2, 0) is 9.59 Å². The van der Waals surface area contributed by atoms with Crippen molar-refractivity contribution in [1.29, 1.82) is 0 Å². The molecule has 1 heterocycles. The number of carboxylic acids is 1. The van der Waals surface area contributed by atoms with Crippen molar-refractivity contribution < 1.29 is 24.2 Å². The minimum absolute atomic E-state index is 0.387. The predicted octanol–water partition coefficient (Wildman–Crippen LogP) is 1.28. The van der Waals surface area contributed by atoms with Gasteiger partial charge in [0, 0.05) is 12.1 Å². The lowest BCUT2D eigenvalue weighted by Crippen LogP contribution is -2.57. The van der Waals surface area contributed by atoms with E-state index in [1.807, 2.05) is 0 Å². The first-order valence-electron chi connectivity index (χ1n) is 7.76. The third-order valence-electron chi connectivity index (χ3n) is 4.11.